The molecule has 2 heteroatoms. The third-order valence-corrected chi connectivity index (χ3v) is 11.4. The van der Waals surface area contributed by atoms with Crippen LogP contribution in [-0.2, 0) is 9.95 Å². The SMILES string of the molecule is O=C1C(c2ccccc2)C(c2ccccc2)=C(c2ccccc2)C1(c1ccccc1)P(c1ccccc1)c1ccccc1. The first-order chi connectivity index (χ1) is 21.3. The number of rotatable bonds is 7. The molecule has 0 bridgehead atoms. The van der Waals surface area contributed by atoms with Crippen molar-refractivity contribution in [2.45, 2.75) is 11.1 Å². The van der Waals surface area contributed by atoms with Gasteiger partial charge in [0.15, 0.2) is 5.78 Å². The highest BCUT2D eigenvalue weighted by molar-refractivity contribution is 7.75. The third kappa shape index (κ3) is 4.67. The van der Waals surface area contributed by atoms with E-state index in [0.29, 0.717) is 0 Å². The van der Waals surface area contributed by atoms with E-state index in [4.69, 9.17) is 0 Å². The summed E-state index contributed by atoms with van der Waals surface area (Å²) >= 11 is 0. The van der Waals surface area contributed by atoms with Crippen LogP contribution in [0.4, 0.5) is 0 Å². The van der Waals surface area contributed by atoms with E-state index in [9.17, 15) is 0 Å². The van der Waals surface area contributed by atoms with Crippen LogP contribution in [0.25, 0.3) is 11.1 Å². The van der Waals surface area contributed by atoms with Gasteiger partial charge in [-0.1, -0.05) is 182 Å². The third-order valence-electron chi connectivity index (χ3n) is 8.37. The Kier molecular flexibility index (Phi) is 7.42. The topological polar surface area (TPSA) is 17.1 Å². The van der Waals surface area contributed by atoms with Crippen molar-refractivity contribution in [3.63, 3.8) is 0 Å². The quantitative estimate of drug-likeness (QED) is 0.175. The Morgan fingerprint density at radius 1 is 0.442 bits per heavy atom. The Balaban J connectivity index is 1.70. The molecule has 6 aromatic carbocycles. The monoisotopic (exact) mass is 570 g/mol. The molecule has 0 radical (unpaired) electrons. The van der Waals surface area contributed by atoms with Crippen LogP contribution in [0.15, 0.2) is 182 Å². The van der Waals surface area contributed by atoms with Crippen LogP contribution in [0.1, 0.15) is 28.2 Å². The van der Waals surface area contributed by atoms with E-state index in [1.807, 2.05) is 30.3 Å². The van der Waals surface area contributed by atoms with E-state index in [-0.39, 0.29) is 5.78 Å². The number of Topliss-reactive ketones (excluding diaryl/α,β-unsaturated/α-hetero) is 1. The van der Waals surface area contributed by atoms with Gasteiger partial charge in [0.25, 0.3) is 0 Å². The van der Waals surface area contributed by atoms with Gasteiger partial charge < -0.3 is 0 Å². The van der Waals surface area contributed by atoms with Crippen LogP contribution in [0.5, 0.6) is 0 Å². The van der Waals surface area contributed by atoms with Crippen LogP contribution in [0.2, 0.25) is 0 Å². The zero-order valence-electron chi connectivity index (χ0n) is 23.8. The Bertz CT molecular complexity index is 1810. The molecule has 0 spiro atoms. The van der Waals surface area contributed by atoms with Crippen molar-refractivity contribution >= 4 is 35.5 Å². The Morgan fingerprint density at radius 2 is 0.837 bits per heavy atom. The first kappa shape index (κ1) is 27.0. The molecule has 1 nitrogen and oxygen atoms in total. The van der Waals surface area contributed by atoms with Crippen LogP contribution < -0.4 is 10.6 Å². The summed E-state index contributed by atoms with van der Waals surface area (Å²) in [6.45, 7) is 0. The number of hydrogen-bond acceptors (Lipinski definition) is 1. The summed E-state index contributed by atoms with van der Waals surface area (Å²) < 4.78 is 0. The second-order valence-corrected chi connectivity index (χ2v) is 13.2. The number of allylic oxidation sites excluding steroid dienone is 2. The molecule has 2 atom stereocenters. The fraction of sp³-hybridized carbons (Fsp3) is 0.0488. The van der Waals surface area contributed by atoms with Crippen molar-refractivity contribution in [2.75, 3.05) is 0 Å². The molecular formula is C41H31OP. The Hall–Kier alpha value is -4.84. The molecule has 0 N–H and O–H groups in total. The number of carbonyl (C=O) groups excluding carboxylic acids is 1. The molecule has 0 aromatic heterocycles. The lowest BCUT2D eigenvalue weighted by molar-refractivity contribution is -0.120. The maximum atomic E-state index is 16.0. The summed E-state index contributed by atoms with van der Waals surface area (Å²) in [6, 6.07) is 63.4. The van der Waals surface area contributed by atoms with Gasteiger partial charge in [0.05, 0.1) is 5.92 Å². The van der Waals surface area contributed by atoms with Gasteiger partial charge in [-0.25, -0.2) is 0 Å². The van der Waals surface area contributed by atoms with Crippen LogP contribution >= 0.6 is 7.92 Å². The largest absolute Gasteiger partial charge is 0.297 e. The van der Waals surface area contributed by atoms with Crippen LogP contribution in [-0.4, -0.2) is 5.78 Å². The highest BCUT2D eigenvalue weighted by atomic mass is 31.1. The second-order valence-electron chi connectivity index (χ2n) is 10.8. The van der Waals surface area contributed by atoms with Crippen molar-refractivity contribution in [1.82, 2.24) is 0 Å². The lowest BCUT2D eigenvalue weighted by atomic mass is 9.84. The van der Waals surface area contributed by atoms with Crippen LogP contribution in [0.3, 0.4) is 0 Å². The number of ketones is 1. The molecule has 1 aliphatic rings. The zero-order chi connectivity index (χ0) is 29.1. The van der Waals surface area contributed by atoms with Gasteiger partial charge >= 0.3 is 0 Å². The molecule has 0 saturated heterocycles. The second kappa shape index (κ2) is 11.8. The molecule has 0 heterocycles. The van der Waals surface area contributed by atoms with E-state index in [2.05, 4.69) is 152 Å². The molecule has 0 fully saturated rings. The Labute approximate surface area is 255 Å². The van der Waals surface area contributed by atoms with Gasteiger partial charge in [0.1, 0.15) is 5.16 Å². The van der Waals surface area contributed by atoms with Crippen molar-refractivity contribution < 1.29 is 4.79 Å². The first-order valence-corrected chi connectivity index (χ1v) is 16.0. The fourth-order valence-corrected chi connectivity index (χ4v) is 9.91. The number of carbonyl (C=O) groups is 1. The van der Waals surface area contributed by atoms with Gasteiger partial charge in [0.2, 0.25) is 0 Å². The summed E-state index contributed by atoms with van der Waals surface area (Å²) in [7, 11) is -1.26. The van der Waals surface area contributed by atoms with E-state index in [1.54, 1.807) is 0 Å². The van der Waals surface area contributed by atoms with Gasteiger partial charge in [-0.15, -0.1) is 0 Å². The summed E-state index contributed by atoms with van der Waals surface area (Å²) in [4.78, 5) is 16.0. The van der Waals surface area contributed by atoms with Crippen molar-refractivity contribution in [3.05, 3.63) is 204 Å². The van der Waals surface area contributed by atoms with Crippen molar-refractivity contribution in [3.8, 4) is 0 Å². The van der Waals surface area contributed by atoms with Crippen molar-refractivity contribution in [1.29, 1.82) is 0 Å². The summed E-state index contributed by atoms with van der Waals surface area (Å²) in [5, 5.41) is 1.40. The van der Waals surface area contributed by atoms with E-state index in [1.165, 1.54) is 10.6 Å². The number of benzene rings is 6. The average molecular weight is 571 g/mol. The highest BCUT2D eigenvalue weighted by Crippen LogP contribution is 2.69. The normalized spacial score (nSPS) is 18.3. The van der Waals surface area contributed by atoms with E-state index in [0.717, 1.165) is 33.4 Å². The molecule has 1 aliphatic carbocycles. The molecule has 6 aromatic rings. The maximum absolute atomic E-state index is 16.0. The molecule has 43 heavy (non-hydrogen) atoms. The molecule has 7 rings (SSSR count). The lowest BCUT2D eigenvalue weighted by Gasteiger charge is -2.41. The Morgan fingerprint density at radius 3 is 1.33 bits per heavy atom. The molecule has 206 valence electrons. The predicted octanol–water partition coefficient (Wildman–Crippen LogP) is 8.99. The number of hydrogen-bond donors (Lipinski definition) is 0. The minimum Gasteiger partial charge on any atom is -0.297 e. The van der Waals surface area contributed by atoms with E-state index >= 15 is 4.79 Å². The predicted molar refractivity (Wildman–Crippen MR) is 181 cm³/mol. The highest BCUT2D eigenvalue weighted by Gasteiger charge is 2.60. The fourth-order valence-electron chi connectivity index (χ4n) is 6.67. The first-order valence-electron chi connectivity index (χ1n) is 14.7. The molecule has 0 saturated carbocycles. The zero-order valence-corrected chi connectivity index (χ0v) is 24.6. The molecule has 0 aliphatic heterocycles. The summed E-state index contributed by atoms with van der Waals surface area (Å²) in [6.07, 6.45) is 0. The molecule has 2 unspecified atom stereocenters. The summed E-state index contributed by atoms with van der Waals surface area (Å²) in [5.41, 5.74) is 6.40. The smallest absolute Gasteiger partial charge is 0.164 e. The molecule has 0 amide bonds. The lowest BCUT2D eigenvalue weighted by Crippen LogP contribution is -2.40. The molecular weight excluding hydrogens is 539 g/mol. The summed E-state index contributed by atoms with van der Waals surface area (Å²) in [5.74, 6) is -0.210. The van der Waals surface area contributed by atoms with Gasteiger partial charge in [0, 0.05) is 0 Å². The van der Waals surface area contributed by atoms with Gasteiger partial charge in [-0.3, -0.25) is 4.79 Å². The minimum atomic E-state index is -1.26. The van der Waals surface area contributed by atoms with Crippen molar-refractivity contribution in [2.24, 2.45) is 0 Å². The maximum Gasteiger partial charge on any atom is 0.164 e. The standard InChI is InChI=1S/C41H31OP/c42-40-38(32-21-9-2-10-22-32)37(31-19-7-1-8-20-31)39(33-23-11-3-12-24-33)41(40,34-25-13-4-14-26-34)43(35-27-15-5-16-28-35)36-29-17-6-18-30-36/h1-30,38H. The van der Waals surface area contributed by atoms with E-state index < -0.39 is 19.0 Å². The average Bonchev–Trinajstić information content (AvgIpc) is 3.36. The van der Waals surface area contributed by atoms with Crippen LogP contribution in [0, 0.1) is 0 Å². The van der Waals surface area contributed by atoms with Gasteiger partial charge in [-0.2, -0.15) is 0 Å². The minimum absolute atomic E-state index is 0.224. The van der Waals surface area contributed by atoms with Gasteiger partial charge in [-0.05, 0) is 51.9 Å².